The van der Waals surface area contributed by atoms with E-state index in [2.05, 4.69) is 4.98 Å². The minimum absolute atomic E-state index is 0. The number of hydrogen-bond acceptors (Lipinski definition) is 3. The Balaban J connectivity index is 0.00000162. The number of nitrogens with two attached hydrogens (primary N) is 1. The van der Waals surface area contributed by atoms with Gasteiger partial charge >= 0.3 is 0 Å². The number of piperidine rings is 1. The molecule has 6 heteroatoms. The van der Waals surface area contributed by atoms with Gasteiger partial charge in [0, 0.05) is 36.6 Å². The molecule has 1 aliphatic heterocycles. The van der Waals surface area contributed by atoms with Crippen molar-refractivity contribution in [3.8, 4) is 0 Å². The van der Waals surface area contributed by atoms with E-state index in [9.17, 15) is 4.79 Å². The lowest BCUT2D eigenvalue weighted by molar-refractivity contribution is 0.0583. The number of likely N-dealkylation sites (tertiary alicyclic amines) is 1. The third-order valence-electron chi connectivity index (χ3n) is 3.34. The predicted octanol–water partition coefficient (Wildman–Crippen LogP) is 2.27. The topological polar surface area (TPSA) is 59.2 Å². The maximum absolute atomic E-state index is 12.4. The summed E-state index contributed by atoms with van der Waals surface area (Å²) < 4.78 is 0. The molecular formula is C13H21Cl2N3O. The summed E-state index contributed by atoms with van der Waals surface area (Å²) >= 11 is 0. The van der Waals surface area contributed by atoms with Gasteiger partial charge in [0.15, 0.2) is 0 Å². The van der Waals surface area contributed by atoms with Crippen LogP contribution in [-0.4, -0.2) is 34.4 Å². The summed E-state index contributed by atoms with van der Waals surface area (Å²) in [6, 6.07) is 3.72. The van der Waals surface area contributed by atoms with E-state index in [1.54, 1.807) is 24.5 Å². The van der Waals surface area contributed by atoms with Crippen LogP contribution in [0.3, 0.4) is 0 Å². The molecule has 108 valence electrons. The van der Waals surface area contributed by atoms with Crippen LogP contribution >= 0.6 is 24.8 Å². The van der Waals surface area contributed by atoms with Crippen LogP contribution in [0.15, 0.2) is 24.5 Å². The Hall–Kier alpha value is -0.840. The van der Waals surface area contributed by atoms with Crippen molar-refractivity contribution in [1.29, 1.82) is 0 Å². The maximum Gasteiger partial charge on any atom is 0.254 e. The summed E-state index contributed by atoms with van der Waals surface area (Å²) in [7, 11) is 0. The summed E-state index contributed by atoms with van der Waals surface area (Å²) in [5, 5.41) is 0. The first-order valence-corrected chi connectivity index (χ1v) is 6.16. The van der Waals surface area contributed by atoms with Gasteiger partial charge in [0.2, 0.25) is 0 Å². The summed E-state index contributed by atoms with van der Waals surface area (Å²) in [5.41, 5.74) is 6.67. The minimum atomic E-state index is 0. The molecule has 2 rings (SSSR count). The van der Waals surface area contributed by atoms with Crippen LogP contribution < -0.4 is 5.73 Å². The fraction of sp³-hybridized carbons (Fsp3) is 0.538. The van der Waals surface area contributed by atoms with Gasteiger partial charge in [-0.1, -0.05) is 0 Å². The summed E-state index contributed by atoms with van der Waals surface area (Å²) in [6.07, 6.45) is 6.54. The molecule has 2 heterocycles. The van der Waals surface area contributed by atoms with Crippen molar-refractivity contribution in [2.45, 2.75) is 38.3 Å². The Kier molecular flexibility index (Phi) is 7.99. The van der Waals surface area contributed by atoms with Crippen molar-refractivity contribution in [3.05, 3.63) is 30.1 Å². The zero-order valence-electron chi connectivity index (χ0n) is 11.0. The van der Waals surface area contributed by atoms with Gasteiger partial charge in [0.25, 0.3) is 5.91 Å². The Morgan fingerprint density at radius 3 is 2.58 bits per heavy atom. The average molecular weight is 306 g/mol. The van der Waals surface area contributed by atoms with E-state index in [0.717, 1.165) is 25.8 Å². The Labute approximate surface area is 126 Å². The molecule has 2 N–H and O–H groups in total. The third kappa shape index (κ3) is 4.34. The summed E-state index contributed by atoms with van der Waals surface area (Å²) in [6.45, 7) is 2.79. The number of amides is 1. The number of aromatic nitrogens is 1. The van der Waals surface area contributed by atoms with Gasteiger partial charge in [-0.15, -0.1) is 24.8 Å². The molecule has 1 aromatic heterocycles. The molecule has 2 unspecified atom stereocenters. The van der Waals surface area contributed by atoms with Crippen LogP contribution in [-0.2, 0) is 0 Å². The van der Waals surface area contributed by atoms with E-state index in [1.807, 2.05) is 11.8 Å². The SMILES string of the molecule is CC(N)C1CCCCN1C(=O)c1ccncc1.Cl.Cl. The van der Waals surface area contributed by atoms with Crippen LogP contribution in [0.5, 0.6) is 0 Å². The smallest absolute Gasteiger partial charge is 0.254 e. The molecule has 19 heavy (non-hydrogen) atoms. The zero-order valence-corrected chi connectivity index (χ0v) is 12.6. The average Bonchev–Trinajstić information content (AvgIpc) is 2.39. The van der Waals surface area contributed by atoms with Crippen molar-refractivity contribution < 1.29 is 4.79 Å². The standard InChI is InChI=1S/C13H19N3O.2ClH/c1-10(14)12-4-2-3-9-16(12)13(17)11-5-7-15-8-6-11;;/h5-8,10,12H,2-4,9,14H2,1H3;2*1H. The molecule has 1 aliphatic rings. The lowest BCUT2D eigenvalue weighted by Crippen LogP contribution is -2.51. The maximum atomic E-state index is 12.4. The fourth-order valence-electron chi connectivity index (χ4n) is 2.42. The molecule has 1 fully saturated rings. The second-order valence-electron chi connectivity index (χ2n) is 4.66. The monoisotopic (exact) mass is 305 g/mol. The van der Waals surface area contributed by atoms with Crippen LogP contribution in [0, 0.1) is 0 Å². The van der Waals surface area contributed by atoms with Crippen molar-refractivity contribution in [2.75, 3.05) is 6.54 Å². The van der Waals surface area contributed by atoms with Crippen LogP contribution in [0.25, 0.3) is 0 Å². The van der Waals surface area contributed by atoms with Crippen molar-refractivity contribution in [3.63, 3.8) is 0 Å². The van der Waals surface area contributed by atoms with Crippen molar-refractivity contribution >= 4 is 30.7 Å². The van der Waals surface area contributed by atoms with E-state index in [4.69, 9.17) is 5.73 Å². The fourth-order valence-corrected chi connectivity index (χ4v) is 2.42. The minimum Gasteiger partial charge on any atom is -0.334 e. The molecule has 1 amide bonds. The van der Waals surface area contributed by atoms with E-state index < -0.39 is 0 Å². The highest BCUT2D eigenvalue weighted by Crippen LogP contribution is 2.21. The molecule has 4 nitrogen and oxygen atoms in total. The Morgan fingerprint density at radius 2 is 2.00 bits per heavy atom. The number of carbonyl (C=O) groups excluding carboxylic acids is 1. The molecule has 0 radical (unpaired) electrons. The van der Waals surface area contributed by atoms with Gasteiger partial charge in [0.05, 0.1) is 0 Å². The van der Waals surface area contributed by atoms with E-state index in [-0.39, 0.29) is 42.8 Å². The zero-order chi connectivity index (χ0) is 12.3. The molecule has 0 saturated carbocycles. The number of pyridine rings is 1. The highest BCUT2D eigenvalue weighted by Gasteiger charge is 2.29. The van der Waals surface area contributed by atoms with E-state index in [0.29, 0.717) is 5.56 Å². The molecule has 0 bridgehead atoms. The molecule has 1 saturated heterocycles. The third-order valence-corrected chi connectivity index (χ3v) is 3.34. The number of hydrogen-bond donors (Lipinski definition) is 1. The van der Waals surface area contributed by atoms with Crippen LogP contribution in [0.4, 0.5) is 0 Å². The summed E-state index contributed by atoms with van der Waals surface area (Å²) in [5.74, 6) is 0.0781. The first kappa shape index (κ1) is 18.2. The van der Waals surface area contributed by atoms with E-state index >= 15 is 0 Å². The number of nitrogens with zero attached hydrogens (tertiary/aromatic N) is 2. The normalized spacial score (nSPS) is 19.9. The van der Waals surface area contributed by atoms with Gasteiger partial charge in [-0.2, -0.15) is 0 Å². The van der Waals surface area contributed by atoms with Gasteiger partial charge in [-0.25, -0.2) is 0 Å². The van der Waals surface area contributed by atoms with Gasteiger partial charge in [-0.3, -0.25) is 9.78 Å². The second-order valence-corrected chi connectivity index (χ2v) is 4.66. The highest BCUT2D eigenvalue weighted by molar-refractivity contribution is 5.94. The number of halogens is 2. The van der Waals surface area contributed by atoms with Crippen molar-refractivity contribution in [1.82, 2.24) is 9.88 Å². The first-order valence-electron chi connectivity index (χ1n) is 6.16. The van der Waals surface area contributed by atoms with E-state index in [1.165, 1.54) is 0 Å². The van der Waals surface area contributed by atoms with Crippen LogP contribution in [0.1, 0.15) is 36.5 Å². The predicted molar refractivity (Wildman–Crippen MR) is 81.1 cm³/mol. The molecule has 2 atom stereocenters. The number of rotatable bonds is 2. The van der Waals surface area contributed by atoms with Gasteiger partial charge in [-0.05, 0) is 38.3 Å². The Bertz CT molecular complexity index is 387. The molecule has 0 spiro atoms. The van der Waals surface area contributed by atoms with Gasteiger partial charge in [0.1, 0.15) is 0 Å². The van der Waals surface area contributed by atoms with Crippen LogP contribution in [0.2, 0.25) is 0 Å². The Morgan fingerprint density at radius 1 is 1.37 bits per heavy atom. The molecule has 1 aromatic rings. The first-order chi connectivity index (χ1) is 8.20. The quantitative estimate of drug-likeness (QED) is 0.912. The highest BCUT2D eigenvalue weighted by atomic mass is 35.5. The molecular weight excluding hydrogens is 285 g/mol. The lowest BCUT2D eigenvalue weighted by atomic mass is 9.96. The van der Waals surface area contributed by atoms with Gasteiger partial charge < -0.3 is 10.6 Å². The summed E-state index contributed by atoms with van der Waals surface area (Å²) in [4.78, 5) is 18.2. The largest absolute Gasteiger partial charge is 0.334 e. The second kappa shape index (κ2) is 8.35. The molecule has 0 aromatic carbocycles. The molecule has 0 aliphatic carbocycles. The number of carbonyl (C=O) groups is 1. The lowest BCUT2D eigenvalue weighted by Gasteiger charge is -2.38. The van der Waals surface area contributed by atoms with Crippen molar-refractivity contribution in [2.24, 2.45) is 5.73 Å².